The van der Waals surface area contributed by atoms with Gasteiger partial charge in [-0.3, -0.25) is 10.3 Å². The Balaban J connectivity index is 2.27. The van der Waals surface area contributed by atoms with Crippen molar-refractivity contribution in [3.8, 4) is 0 Å². The summed E-state index contributed by atoms with van der Waals surface area (Å²) in [6, 6.07) is 10.3. The molecule has 0 amide bonds. The lowest BCUT2D eigenvalue weighted by Crippen LogP contribution is -2.35. The maximum Gasteiger partial charge on any atom is 0.0828 e. The third-order valence-corrected chi connectivity index (χ3v) is 2.90. The second-order valence-electron chi connectivity index (χ2n) is 3.90. The lowest BCUT2D eigenvalue weighted by molar-refractivity contribution is 0.515. The van der Waals surface area contributed by atoms with Gasteiger partial charge in [-0.15, -0.1) is 0 Å². The van der Waals surface area contributed by atoms with E-state index < -0.39 is 0 Å². The van der Waals surface area contributed by atoms with E-state index in [1.165, 1.54) is 0 Å². The molecule has 3 rings (SSSR count). The number of rotatable bonds is 0. The molecule has 3 nitrogen and oxygen atoms in total. The molecular formula is C12H13N3. The summed E-state index contributed by atoms with van der Waals surface area (Å²) in [6.45, 7) is 0.916. The third kappa shape index (κ3) is 1.40. The first kappa shape index (κ1) is 8.83. The van der Waals surface area contributed by atoms with Crippen LogP contribution in [0, 0.1) is 0 Å². The van der Waals surface area contributed by atoms with Gasteiger partial charge in [0.15, 0.2) is 0 Å². The smallest absolute Gasteiger partial charge is 0.0828 e. The van der Waals surface area contributed by atoms with Crippen LogP contribution in [0.25, 0.3) is 10.9 Å². The number of hydrogen-bond donors (Lipinski definition) is 2. The van der Waals surface area contributed by atoms with Crippen LogP contribution in [-0.2, 0) is 6.42 Å². The number of para-hydroxylation sites is 1. The van der Waals surface area contributed by atoms with Crippen LogP contribution < -0.4 is 11.1 Å². The molecule has 15 heavy (non-hydrogen) atoms. The number of nitrogens with zero attached hydrogens (tertiary/aromatic N) is 1. The van der Waals surface area contributed by atoms with Crippen LogP contribution >= 0.6 is 0 Å². The van der Waals surface area contributed by atoms with Crippen molar-refractivity contribution in [3.63, 3.8) is 0 Å². The van der Waals surface area contributed by atoms with Crippen LogP contribution in [0.4, 0.5) is 0 Å². The fourth-order valence-electron chi connectivity index (χ4n) is 2.10. The molecule has 0 fully saturated rings. The Kier molecular flexibility index (Phi) is 1.94. The van der Waals surface area contributed by atoms with E-state index in [4.69, 9.17) is 5.73 Å². The maximum absolute atomic E-state index is 5.99. The number of aromatic nitrogens is 1. The molecule has 1 aliphatic heterocycles. The van der Waals surface area contributed by atoms with Crippen molar-refractivity contribution >= 4 is 10.9 Å². The quantitative estimate of drug-likeness (QED) is 0.673. The topological polar surface area (TPSA) is 50.9 Å². The highest BCUT2D eigenvalue weighted by Crippen LogP contribution is 2.22. The molecule has 1 unspecified atom stereocenters. The van der Waals surface area contributed by atoms with E-state index in [-0.39, 0.29) is 6.17 Å². The molecule has 1 aliphatic rings. The van der Waals surface area contributed by atoms with Gasteiger partial charge < -0.3 is 5.73 Å². The van der Waals surface area contributed by atoms with Crippen LogP contribution in [0.5, 0.6) is 0 Å². The fraction of sp³-hybridized carbons (Fsp3) is 0.250. The van der Waals surface area contributed by atoms with E-state index >= 15 is 0 Å². The first-order valence-corrected chi connectivity index (χ1v) is 5.22. The molecule has 1 aromatic carbocycles. The number of nitrogens with one attached hydrogen (secondary N) is 1. The molecule has 0 bridgehead atoms. The molecule has 2 heterocycles. The molecular weight excluding hydrogens is 186 g/mol. The van der Waals surface area contributed by atoms with Gasteiger partial charge in [0.25, 0.3) is 0 Å². The van der Waals surface area contributed by atoms with Crippen LogP contribution in [0.2, 0.25) is 0 Å². The summed E-state index contributed by atoms with van der Waals surface area (Å²) in [7, 11) is 0. The monoisotopic (exact) mass is 199 g/mol. The highest BCUT2D eigenvalue weighted by molar-refractivity contribution is 5.79. The molecule has 0 aliphatic carbocycles. The fourth-order valence-corrected chi connectivity index (χ4v) is 2.10. The van der Waals surface area contributed by atoms with Crippen molar-refractivity contribution in [3.05, 3.63) is 41.6 Å². The van der Waals surface area contributed by atoms with Crippen LogP contribution in [0.3, 0.4) is 0 Å². The largest absolute Gasteiger partial charge is 0.312 e. The molecule has 1 aromatic heterocycles. The van der Waals surface area contributed by atoms with Crippen LogP contribution in [-0.4, -0.2) is 11.5 Å². The zero-order chi connectivity index (χ0) is 10.3. The Morgan fingerprint density at radius 2 is 2.20 bits per heavy atom. The van der Waals surface area contributed by atoms with Gasteiger partial charge in [0, 0.05) is 29.6 Å². The minimum atomic E-state index is -0.0640. The number of pyridine rings is 1. The van der Waals surface area contributed by atoms with Crippen molar-refractivity contribution in [2.75, 3.05) is 6.54 Å². The van der Waals surface area contributed by atoms with Crippen LogP contribution in [0.1, 0.15) is 17.4 Å². The molecule has 0 saturated carbocycles. The summed E-state index contributed by atoms with van der Waals surface area (Å²) in [5, 5.41) is 4.40. The van der Waals surface area contributed by atoms with Gasteiger partial charge in [-0.2, -0.15) is 0 Å². The normalized spacial score (nSPS) is 20.2. The van der Waals surface area contributed by atoms with E-state index in [2.05, 4.69) is 22.4 Å². The van der Waals surface area contributed by atoms with E-state index in [0.717, 1.165) is 35.1 Å². The van der Waals surface area contributed by atoms with E-state index in [9.17, 15) is 0 Å². The van der Waals surface area contributed by atoms with Gasteiger partial charge in [0.1, 0.15) is 0 Å². The average Bonchev–Trinajstić information content (AvgIpc) is 2.27. The van der Waals surface area contributed by atoms with Gasteiger partial charge in [-0.25, -0.2) is 0 Å². The average molecular weight is 199 g/mol. The zero-order valence-corrected chi connectivity index (χ0v) is 8.40. The molecule has 2 aromatic rings. The minimum absolute atomic E-state index is 0.0640. The minimum Gasteiger partial charge on any atom is -0.312 e. The van der Waals surface area contributed by atoms with Gasteiger partial charge in [-0.1, -0.05) is 18.2 Å². The predicted octanol–water partition coefficient (Wildman–Crippen LogP) is 1.34. The van der Waals surface area contributed by atoms with Crippen molar-refractivity contribution in [1.29, 1.82) is 0 Å². The highest BCUT2D eigenvalue weighted by Gasteiger charge is 2.17. The van der Waals surface area contributed by atoms with E-state index in [1.807, 2.05) is 18.2 Å². The summed E-state index contributed by atoms with van der Waals surface area (Å²) >= 11 is 0. The molecule has 0 spiro atoms. The molecule has 0 radical (unpaired) electrons. The Morgan fingerprint density at radius 3 is 3.13 bits per heavy atom. The number of fused-ring (bicyclic) bond motifs is 2. The Morgan fingerprint density at radius 1 is 1.33 bits per heavy atom. The van der Waals surface area contributed by atoms with E-state index in [0.29, 0.717) is 0 Å². The van der Waals surface area contributed by atoms with Gasteiger partial charge in [0.05, 0.1) is 11.7 Å². The summed E-state index contributed by atoms with van der Waals surface area (Å²) in [5.41, 5.74) is 9.32. The second kappa shape index (κ2) is 3.29. The van der Waals surface area contributed by atoms with Gasteiger partial charge >= 0.3 is 0 Å². The standard InChI is InChI=1S/C12H13N3/c13-12-9-7-8-3-1-2-4-10(8)15-11(9)5-6-14-12/h1-4,7,12,14H,5-6,13H2. The summed E-state index contributed by atoms with van der Waals surface area (Å²) in [4.78, 5) is 4.65. The summed E-state index contributed by atoms with van der Waals surface area (Å²) < 4.78 is 0. The molecule has 3 N–H and O–H groups in total. The lowest BCUT2D eigenvalue weighted by atomic mass is 10.0. The number of benzene rings is 1. The number of hydrogen-bond acceptors (Lipinski definition) is 3. The molecule has 76 valence electrons. The summed E-state index contributed by atoms with van der Waals surface area (Å²) in [5.74, 6) is 0. The van der Waals surface area contributed by atoms with Crippen molar-refractivity contribution < 1.29 is 0 Å². The highest BCUT2D eigenvalue weighted by atomic mass is 15.0. The molecule has 1 atom stereocenters. The SMILES string of the molecule is NC1NCCc2nc3ccccc3cc21. The Hall–Kier alpha value is -1.45. The van der Waals surface area contributed by atoms with Gasteiger partial charge in [-0.05, 0) is 12.1 Å². The first-order chi connectivity index (χ1) is 7.34. The Bertz CT molecular complexity index is 507. The first-order valence-electron chi connectivity index (χ1n) is 5.22. The number of nitrogens with two attached hydrogens (primary N) is 1. The van der Waals surface area contributed by atoms with Crippen LogP contribution in [0.15, 0.2) is 30.3 Å². The second-order valence-corrected chi connectivity index (χ2v) is 3.90. The van der Waals surface area contributed by atoms with Gasteiger partial charge in [0.2, 0.25) is 0 Å². The van der Waals surface area contributed by atoms with Crippen molar-refractivity contribution in [2.45, 2.75) is 12.6 Å². The zero-order valence-electron chi connectivity index (χ0n) is 8.40. The third-order valence-electron chi connectivity index (χ3n) is 2.90. The predicted molar refractivity (Wildman–Crippen MR) is 60.4 cm³/mol. The molecule has 3 heteroatoms. The lowest BCUT2D eigenvalue weighted by Gasteiger charge is -2.23. The Labute approximate surface area is 88.3 Å². The maximum atomic E-state index is 5.99. The van der Waals surface area contributed by atoms with E-state index in [1.54, 1.807) is 0 Å². The summed E-state index contributed by atoms with van der Waals surface area (Å²) in [6.07, 6.45) is 0.902. The molecule has 0 saturated heterocycles. The van der Waals surface area contributed by atoms with Crippen molar-refractivity contribution in [1.82, 2.24) is 10.3 Å². The van der Waals surface area contributed by atoms with Crippen molar-refractivity contribution in [2.24, 2.45) is 5.73 Å².